The lowest BCUT2D eigenvalue weighted by Gasteiger charge is -2.26. The van der Waals surface area contributed by atoms with Crippen molar-refractivity contribution in [2.24, 2.45) is 7.05 Å². The number of ketones is 1. The molecule has 3 rings (SSSR count). The largest absolute Gasteiger partial charge is 0.497 e. The minimum atomic E-state index is -1.18. The Hall–Kier alpha value is -3.09. The first kappa shape index (κ1) is 19.7. The Morgan fingerprint density at radius 3 is 2.32 bits per heavy atom. The zero-order valence-electron chi connectivity index (χ0n) is 16.8. The third kappa shape index (κ3) is 2.96. The number of aromatic nitrogens is 1. The van der Waals surface area contributed by atoms with E-state index in [-0.39, 0.29) is 12.3 Å². The molecule has 148 valence electrons. The number of Topliss-reactive ketones (excluding diaryl/α,β-unsaturated/α-hetero) is 1. The summed E-state index contributed by atoms with van der Waals surface area (Å²) in [5.74, 6) is -0.0103. The first-order chi connectivity index (χ1) is 13.2. The number of carbonyl (C=O) groups excluding carboxylic acids is 3. The van der Waals surface area contributed by atoms with Crippen molar-refractivity contribution < 1.29 is 19.1 Å². The molecule has 1 saturated heterocycles. The van der Waals surface area contributed by atoms with Gasteiger partial charge >= 0.3 is 6.03 Å². The van der Waals surface area contributed by atoms with E-state index < -0.39 is 17.5 Å². The number of carbonyl (C=O) groups is 3. The maximum absolute atomic E-state index is 13.2. The molecule has 1 aliphatic heterocycles. The maximum atomic E-state index is 13.2. The van der Waals surface area contributed by atoms with Crippen LogP contribution in [0.4, 0.5) is 4.79 Å². The predicted molar refractivity (Wildman–Crippen MR) is 104 cm³/mol. The van der Waals surface area contributed by atoms with Crippen molar-refractivity contribution in [3.63, 3.8) is 0 Å². The molecule has 2 aromatic rings. The summed E-state index contributed by atoms with van der Waals surface area (Å²) < 4.78 is 7.07. The summed E-state index contributed by atoms with van der Waals surface area (Å²) in [6.45, 7) is 5.30. The number of hydrogen-bond acceptors (Lipinski definition) is 4. The summed E-state index contributed by atoms with van der Waals surface area (Å²) in [6.07, 6.45) is 0.373. The van der Waals surface area contributed by atoms with Crippen LogP contribution in [0.3, 0.4) is 0 Å². The average Bonchev–Trinajstić information content (AvgIpc) is 3.10. The number of imide groups is 1. The molecule has 1 aromatic heterocycles. The van der Waals surface area contributed by atoms with Crippen LogP contribution in [0, 0.1) is 13.8 Å². The molecule has 1 N–H and O–H groups in total. The Bertz CT molecular complexity index is 945. The van der Waals surface area contributed by atoms with Crippen LogP contribution >= 0.6 is 0 Å². The molecule has 1 atom stereocenters. The Morgan fingerprint density at radius 1 is 1.18 bits per heavy atom. The van der Waals surface area contributed by atoms with Gasteiger partial charge in [-0.15, -0.1) is 0 Å². The number of ether oxygens (including phenoxy) is 1. The fourth-order valence-corrected chi connectivity index (χ4v) is 3.65. The number of rotatable bonds is 6. The second kappa shape index (κ2) is 7.14. The fraction of sp³-hybridized carbons (Fsp3) is 0.381. The highest BCUT2D eigenvalue weighted by Gasteiger charge is 2.51. The normalized spacial score (nSPS) is 19.1. The van der Waals surface area contributed by atoms with Gasteiger partial charge in [0.15, 0.2) is 5.78 Å². The second-order valence-corrected chi connectivity index (χ2v) is 7.08. The van der Waals surface area contributed by atoms with Crippen molar-refractivity contribution in [3.8, 4) is 5.75 Å². The Labute approximate surface area is 164 Å². The lowest BCUT2D eigenvalue weighted by atomic mass is 9.87. The standard InChI is InChI=1S/C21H25N3O4/c1-6-21(15-7-9-16(28-5)10-8-15)19(26)24(20(27)22-21)12-18(25)17-11-13(2)23(4)14(17)3/h7-11H,6,12H2,1-5H3,(H,22,27). The molecule has 28 heavy (non-hydrogen) atoms. The quantitative estimate of drug-likeness (QED) is 0.614. The number of benzene rings is 1. The van der Waals surface area contributed by atoms with E-state index in [2.05, 4.69) is 5.32 Å². The molecular weight excluding hydrogens is 358 g/mol. The maximum Gasteiger partial charge on any atom is 0.325 e. The summed E-state index contributed by atoms with van der Waals surface area (Å²) >= 11 is 0. The molecule has 3 amide bonds. The molecule has 0 saturated carbocycles. The van der Waals surface area contributed by atoms with Gasteiger partial charge in [-0.2, -0.15) is 0 Å². The third-order valence-corrected chi connectivity index (χ3v) is 5.67. The number of amides is 3. The number of aryl methyl sites for hydroxylation is 1. The van der Waals surface area contributed by atoms with Crippen LogP contribution < -0.4 is 10.1 Å². The molecule has 1 fully saturated rings. The molecule has 0 bridgehead atoms. The van der Waals surface area contributed by atoms with E-state index in [0.717, 1.165) is 16.3 Å². The van der Waals surface area contributed by atoms with E-state index in [9.17, 15) is 14.4 Å². The first-order valence-electron chi connectivity index (χ1n) is 9.20. The van der Waals surface area contributed by atoms with Gasteiger partial charge in [0.05, 0.1) is 13.7 Å². The molecule has 2 heterocycles. The van der Waals surface area contributed by atoms with Crippen molar-refractivity contribution >= 4 is 17.7 Å². The minimum absolute atomic E-state index is 0.258. The predicted octanol–water partition coefficient (Wildman–Crippen LogP) is 2.69. The molecule has 0 radical (unpaired) electrons. The topological polar surface area (TPSA) is 80.6 Å². The van der Waals surface area contributed by atoms with Gasteiger partial charge in [-0.3, -0.25) is 14.5 Å². The summed E-state index contributed by atoms with van der Waals surface area (Å²) in [7, 11) is 3.44. The van der Waals surface area contributed by atoms with Gasteiger partial charge in [0.2, 0.25) is 0 Å². The van der Waals surface area contributed by atoms with E-state index in [4.69, 9.17) is 4.74 Å². The zero-order valence-corrected chi connectivity index (χ0v) is 16.8. The Morgan fingerprint density at radius 2 is 1.82 bits per heavy atom. The highest BCUT2D eigenvalue weighted by Crippen LogP contribution is 2.33. The zero-order chi connectivity index (χ0) is 20.6. The van der Waals surface area contributed by atoms with Gasteiger partial charge in [-0.25, -0.2) is 4.79 Å². The number of nitrogens with one attached hydrogen (secondary N) is 1. The number of hydrogen-bond donors (Lipinski definition) is 1. The highest BCUT2D eigenvalue weighted by atomic mass is 16.5. The van der Waals surface area contributed by atoms with Gasteiger partial charge in [-0.05, 0) is 44.0 Å². The lowest BCUT2D eigenvalue weighted by Crippen LogP contribution is -2.43. The first-order valence-corrected chi connectivity index (χ1v) is 9.20. The van der Waals surface area contributed by atoms with Crippen LogP contribution in [0.15, 0.2) is 30.3 Å². The van der Waals surface area contributed by atoms with E-state index >= 15 is 0 Å². The average molecular weight is 383 g/mol. The van der Waals surface area contributed by atoms with Gasteiger partial charge in [-0.1, -0.05) is 19.1 Å². The molecule has 1 aromatic carbocycles. The van der Waals surface area contributed by atoms with Crippen LogP contribution in [0.2, 0.25) is 0 Å². The lowest BCUT2D eigenvalue weighted by molar-refractivity contribution is -0.131. The Balaban J connectivity index is 1.89. The minimum Gasteiger partial charge on any atom is -0.497 e. The van der Waals surface area contributed by atoms with E-state index in [1.165, 1.54) is 0 Å². The van der Waals surface area contributed by atoms with Crippen LogP contribution in [0.25, 0.3) is 0 Å². The summed E-state index contributed by atoms with van der Waals surface area (Å²) in [6, 6.07) is 8.24. The third-order valence-electron chi connectivity index (χ3n) is 5.67. The molecule has 0 aliphatic carbocycles. The SMILES string of the molecule is CCC1(c2ccc(OC)cc2)NC(=O)N(CC(=O)c2cc(C)n(C)c2C)C1=O. The van der Waals surface area contributed by atoms with Gasteiger partial charge < -0.3 is 14.6 Å². The highest BCUT2D eigenvalue weighted by molar-refractivity contribution is 6.11. The summed E-state index contributed by atoms with van der Waals surface area (Å²) in [5, 5.41) is 2.80. The van der Waals surface area contributed by atoms with E-state index in [1.54, 1.807) is 37.4 Å². The molecule has 1 unspecified atom stereocenters. The smallest absolute Gasteiger partial charge is 0.325 e. The van der Waals surface area contributed by atoms with Crippen molar-refractivity contribution in [2.45, 2.75) is 32.7 Å². The van der Waals surface area contributed by atoms with Crippen LogP contribution in [0.5, 0.6) is 5.75 Å². The molecule has 7 nitrogen and oxygen atoms in total. The van der Waals surface area contributed by atoms with Crippen molar-refractivity contribution in [1.29, 1.82) is 0 Å². The van der Waals surface area contributed by atoms with Gasteiger partial charge in [0, 0.05) is 24.0 Å². The summed E-state index contributed by atoms with van der Waals surface area (Å²) in [5.41, 5.74) is 1.77. The van der Waals surface area contributed by atoms with Gasteiger partial charge in [0.25, 0.3) is 5.91 Å². The molecule has 7 heteroatoms. The molecule has 1 aliphatic rings. The number of nitrogens with zero attached hydrogens (tertiary/aromatic N) is 2. The van der Waals surface area contributed by atoms with E-state index in [0.29, 0.717) is 23.3 Å². The number of urea groups is 1. The second-order valence-electron chi connectivity index (χ2n) is 7.08. The molecule has 0 spiro atoms. The molecular formula is C21H25N3O4. The van der Waals surface area contributed by atoms with Crippen molar-refractivity contribution in [3.05, 3.63) is 52.8 Å². The van der Waals surface area contributed by atoms with Crippen molar-refractivity contribution in [2.75, 3.05) is 13.7 Å². The van der Waals surface area contributed by atoms with E-state index in [1.807, 2.05) is 32.4 Å². The van der Waals surface area contributed by atoms with Crippen LogP contribution in [-0.4, -0.2) is 40.8 Å². The van der Waals surface area contributed by atoms with Crippen LogP contribution in [-0.2, 0) is 17.4 Å². The van der Waals surface area contributed by atoms with Crippen molar-refractivity contribution in [1.82, 2.24) is 14.8 Å². The van der Waals surface area contributed by atoms with Gasteiger partial charge in [0.1, 0.15) is 11.3 Å². The Kier molecular flexibility index (Phi) is 5.02. The monoisotopic (exact) mass is 383 g/mol. The summed E-state index contributed by atoms with van der Waals surface area (Å²) in [4.78, 5) is 39.6. The number of methoxy groups -OCH3 is 1. The van der Waals surface area contributed by atoms with Crippen LogP contribution in [0.1, 0.15) is 40.7 Å². The fourth-order valence-electron chi connectivity index (χ4n) is 3.65.